The standard InChI is InChI=1S/C15H16F2N2O2S/c16-9-1-4-11(12(17)7-9)15-19(14(21)8-22-15)6-5-13(20)18-10-2-3-10/h1,4,7,10,15H,2-3,5-6,8H2,(H,18,20). The van der Waals surface area contributed by atoms with Gasteiger partial charge in [-0.2, -0.15) is 0 Å². The largest absolute Gasteiger partial charge is 0.353 e. The van der Waals surface area contributed by atoms with Crippen LogP contribution in [0.1, 0.15) is 30.2 Å². The van der Waals surface area contributed by atoms with E-state index in [9.17, 15) is 18.4 Å². The van der Waals surface area contributed by atoms with Crippen molar-refractivity contribution in [1.82, 2.24) is 10.2 Å². The van der Waals surface area contributed by atoms with Crippen LogP contribution in [-0.2, 0) is 9.59 Å². The predicted octanol–water partition coefficient (Wildman–Crippen LogP) is 2.21. The van der Waals surface area contributed by atoms with Crippen LogP contribution in [0, 0.1) is 11.6 Å². The van der Waals surface area contributed by atoms with Gasteiger partial charge < -0.3 is 10.2 Å². The van der Waals surface area contributed by atoms with Gasteiger partial charge in [0.25, 0.3) is 0 Å². The fourth-order valence-electron chi connectivity index (χ4n) is 2.40. The highest BCUT2D eigenvalue weighted by atomic mass is 32.2. The van der Waals surface area contributed by atoms with Crippen molar-refractivity contribution in [3.63, 3.8) is 0 Å². The van der Waals surface area contributed by atoms with E-state index in [0.717, 1.165) is 18.9 Å². The zero-order valence-corrected chi connectivity index (χ0v) is 12.7. The van der Waals surface area contributed by atoms with E-state index in [1.807, 2.05) is 0 Å². The minimum atomic E-state index is -0.667. The molecule has 118 valence electrons. The molecule has 2 fully saturated rings. The number of rotatable bonds is 5. The molecule has 0 radical (unpaired) electrons. The van der Waals surface area contributed by atoms with Crippen LogP contribution in [0.15, 0.2) is 18.2 Å². The van der Waals surface area contributed by atoms with Crippen LogP contribution in [0.4, 0.5) is 8.78 Å². The maximum atomic E-state index is 13.9. The average Bonchev–Trinajstić information content (AvgIpc) is 3.19. The van der Waals surface area contributed by atoms with Gasteiger partial charge in [0.05, 0.1) is 5.75 Å². The first-order valence-corrected chi connectivity index (χ1v) is 8.25. The first kappa shape index (κ1) is 15.3. The lowest BCUT2D eigenvalue weighted by molar-refractivity contribution is -0.129. The van der Waals surface area contributed by atoms with Crippen LogP contribution in [0.5, 0.6) is 0 Å². The van der Waals surface area contributed by atoms with Gasteiger partial charge in [0.1, 0.15) is 17.0 Å². The smallest absolute Gasteiger partial charge is 0.233 e. The lowest BCUT2D eigenvalue weighted by Gasteiger charge is -2.24. The Hall–Kier alpha value is -1.63. The van der Waals surface area contributed by atoms with Crippen molar-refractivity contribution in [3.05, 3.63) is 35.4 Å². The molecule has 1 N–H and O–H groups in total. The predicted molar refractivity (Wildman–Crippen MR) is 79.1 cm³/mol. The maximum Gasteiger partial charge on any atom is 0.233 e. The highest BCUT2D eigenvalue weighted by Crippen LogP contribution is 2.39. The number of amides is 2. The van der Waals surface area contributed by atoms with E-state index in [1.165, 1.54) is 28.8 Å². The van der Waals surface area contributed by atoms with Crippen molar-refractivity contribution in [1.29, 1.82) is 0 Å². The third kappa shape index (κ3) is 3.40. The summed E-state index contributed by atoms with van der Waals surface area (Å²) in [4.78, 5) is 25.2. The van der Waals surface area contributed by atoms with Gasteiger partial charge in [-0.15, -0.1) is 11.8 Å². The van der Waals surface area contributed by atoms with E-state index in [0.29, 0.717) is 0 Å². The summed E-state index contributed by atoms with van der Waals surface area (Å²) in [5.74, 6) is -1.29. The molecule has 2 amide bonds. The highest BCUT2D eigenvalue weighted by Gasteiger charge is 2.34. The van der Waals surface area contributed by atoms with Crippen molar-refractivity contribution < 1.29 is 18.4 Å². The van der Waals surface area contributed by atoms with Gasteiger partial charge in [-0.05, 0) is 18.9 Å². The summed E-state index contributed by atoms with van der Waals surface area (Å²) in [5.41, 5.74) is 0.278. The first-order chi connectivity index (χ1) is 10.5. The Morgan fingerprint density at radius 1 is 1.36 bits per heavy atom. The summed E-state index contributed by atoms with van der Waals surface area (Å²) in [6.45, 7) is 0.242. The minimum Gasteiger partial charge on any atom is -0.353 e. The topological polar surface area (TPSA) is 49.4 Å². The number of nitrogens with one attached hydrogen (secondary N) is 1. The average molecular weight is 326 g/mol. The SMILES string of the molecule is O=C(CCN1C(=O)CSC1c1ccc(F)cc1F)NC1CC1. The summed E-state index contributed by atoms with van der Waals surface area (Å²) in [6.07, 6.45) is 2.21. The number of thioether (sulfide) groups is 1. The van der Waals surface area contributed by atoms with Crippen LogP contribution in [0.2, 0.25) is 0 Å². The third-order valence-corrected chi connectivity index (χ3v) is 4.96. The highest BCUT2D eigenvalue weighted by molar-refractivity contribution is 8.00. The third-order valence-electron chi connectivity index (χ3n) is 3.72. The summed E-state index contributed by atoms with van der Waals surface area (Å²) in [7, 11) is 0. The van der Waals surface area contributed by atoms with Gasteiger partial charge in [0, 0.05) is 30.6 Å². The summed E-state index contributed by atoms with van der Waals surface area (Å²) < 4.78 is 26.9. The maximum absolute atomic E-state index is 13.9. The van der Waals surface area contributed by atoms with Gasteiger partial charge in [-0.1, -0.05) is 6.07 Å². The van der Waals surface area contributed by atoms with Crippen LogP contribution < -0.4 is 5.32 Å². The Morgan fingerprint density at radius 3 is 2.82 bits per heavy atom. The summed E-state index contributed by atoms with van der Waals surface area (Å²) in [5, 5.41) is 2.36. The van der Waals surface area contributed by atoms with Gasteiger partial charge in [-0.3, -0.25) is 9.59 Å². The number of halogens is 2. The lowest BCUT2D eigenvalue weighted by atomic mass is 10.2. The van der Waals surface area contributed by atoms with Gasteiger partial charge in [0.15, 0.2) is 0 Å². The molecule has 1 unspecified atom stereocenters. The molecular weight excluding hydrogens is 310 g/mol. The second-order valence-corrected chi connectivity index (χ2v) is 6.58. The molecule has 0 spiro atoms. The van der Waals surface area contributed by atoms with Crippen LogP contribution in [-0.4, -0.2) is 35.1 Å². The monoisotopic (exact) mass is 326 g/mol. The molecule has 1 aliphatic heterocycles. The summed E-state index contributed by atoms with van der Waals surface area (Å²) >= 11 is 1.29. The summed E-state index contributed by atoms with van der Waals surface area (Å²) in [6, 6.07) is 3.63. The molecule has 0 aromatic heterocycles. The van der Waals surface area contributed by atoms with Crippen molar-refractivity contribution in [2.75, 3.05) is 12.3 Å². The second-order valence-electron chi connectivity index (χ2n) is 5.51. The molecule has 1 aromatic rings. The molecule has 2 aliphatic rings. The molecule has 1 aliphatic carbocycles. The van der Waals surface area contributed by atoms with Crippen molar-refractivity contribution in [3.8, 4) is 0 Å². The van der Waals surface area contributed by atoms with Crippen molar-refractivity contribution in [2.24, 2.45) is 0 Å². The van der Waals surface area contributed by atoms with E-state index in [-0.39, 0.29) is 42.1 Å². The zero-order chi connectivity index (χ0) is 15.7. The molecule has 1 heterocycles. The molecule has 1 saturated carbocycles. The van der Waals surface area contributed by atoms with Crippen LogP contribution >= 0.6 is 11.8 Å². The molecule has 1 aromatic carbocycles. The first-order valence-electron chi connectivity index (χ1n) is 7.20. The van der Waals surface area contributed by atoms with E-state index in [4.69, 9.17) is 0 Å². The molecule has 0 bridgehead atoms. The van der Waals surface area contributed by atoms with E-state index < -0.39 is 17.0 Å². The zero-order valence-electron chi connectivity index (χ0n) is 11.9. The van der Waals surface area contributed by atoms with Crippen LogP contribution in [0.3, 0.4) is 0 Å². The van der Waals surface area contributed by atoms with Gasteiger partial charge in [0.2, 0.25) is 11.8 Å². The van der Waals surface area contributed by atoms with Crippen LogP contribution in [0.25, 0.3) is 0 Å². The Morgan fingerprint density at radius 2 is 2.14 bits per heavy atom. The Kier molecular flexibility index (Phi) is 4.33. The lowest BCUT2D eigenvalue weighted by Crippen LogP contribution is -2.34. The number of nitrogens with zero attached hydrogens (tertiary/aromatic N) is 1. The molecule has 4 nitrogen and oxygen atoms in total. The van der Waals surface area contributed by atoms with Gasteiger partial charge in [-0.25, -0.2) is 8.78 Å². The van der Waals surface area contributed by atoms with E-state index >= 15 is 0 Å². The minimum absolute atomic E-state index is 0.0921. The van der Waals surface area contributed by atoms with Crippen molar-refractivity contribution >= 4 is 23.6 Å². The van der Waals surface area contributed by atoms with Crippen molar-refractivity contribution in [2.45, 2.75) is 30.7 Å². The Labute approximate surface area is 131 Å². The molecule has 1 saturated heterocycles. The fraction of sp³-hybridized carbons (Fsp3) is 0.467. The normalized spacial score (nSPS) is 21.3. The molecular formula is C15H16F2N2O2S. The van der Waals surface area contributed by atoms with E-state index in [1.54, 1.807) is 0 Å². The number of benzene rings is 1. The second kappa shape index (κ2) is 6.24. The molecule has 22 heavy (non-hydrogen) atoms. The number of carbonyl (C=O) groups excluding carboxylic acids is 2. The van der Waals surface area contributed by atoms with E-state index in [2.05, 4.69) is 5.32 Å². The molecule has 1 atom stereocenters. The Balaban J connectivity index is 1.67. The van der Waals surface area contributed by atoms with Gasteiger partial charge >= 0.3 is 0 Å². The molecule has 3 rings (SSSR count). The quantitative estimate of drug-likeness (QED) is 0.902. The number of carbonyl (C=O) groups is 2. The Bertz CT molecular complexity index is 607. The number of hydrogen-bond acceptors (Lipinski definition) is 3. The fourth-order valence-corrected chi connectivity index (χ4v) is 3.64. The molecule has 7 heteroatoms. The number of hydrogen-bond donors (Lipinski definition) is 1.